The van der Waals surface area contributed by atoms with Crippen molar-refractivity contribution in [3.05, 3.63) is 64.6 Å². The van der Waals surface area contributed by atoms with Crippen LogP contribution in [-0.4, -0.2) is 4.98 Å². The molecule has 3 nitrogen and oxygen atoms in total. The standard InChI is InChI=1S/C17H11NO2/c1-10-17(19)20-16-14-9-5-3-7-12(14)11-6-2-4-8-13(11)15(16)18-10/h2-9H,1H3. The second-order valence-corrected chi connectivity index (χ2v) is 4.86. The van der Waals surface area contributed by atoms with E-state index >= 15 is 0 Å². The van der Waals surface area contributed by atoms with Crippen LogP contribution in [0.1, 0.15) is 5.69 Å². The van der Waals surface area contributed by atoms with Crippen LogP contribution in [0, 0.1) is 6.92 Å². The molecule has 4 aromatic rings. The maximum atomic E-state index is 11.8. The Hall–Kier alpha value is -2.68. The zero-order valence-electron chi connectivity index (χ0n) is 10.9. The van der Waals surface area contributed by atoms with E-state index in [2.05, 4.69) is 11.1 Å². The normalized spacial score (nSPS) is 11.4. The Morgan fingerprint density at radius 1 is 0.850 bits per heavy atom. The first-order valence-corrected chi connectivity index (χ1v) is 6.46. The third-order valence-corrected chi connectivity index (χ3v) is 3.63. The van der Waals surface area contributed by atoms with Crippen LogP contribution >= 0.6 is 0 Å². The fraction of sp³-hybridized carbons (Fsp3) is 0.0588. The molecular formula is C17H11NO2. The van der Waals surface area contributed by atoms with Gasteiger partial charge in [-0.05, 0) is 17.7 Å². The van der Waals surface area contributed by atoms with Gasteiger partial charge in [-0.15, -0.1) is 0 Å². The van der Waals surface area contributed by atoms with E-state index in [9.17, 15) is 4.79 Å². The molecule has 0 N–H and O–H groups in total. The molecule has 1 heterocycles. The second-order valence-electron chi connectivity index (χ2n) is 4.86. The van der Waals surface area contributed by atoms with Crippen molar-refractivity contribution in [3.8, 4) is 0 Å². The summed E-state index contributed by atoms with van der Waals surface area (Å²) in [5.41, 5.74) is 1.32. The molecule has 20 heavy (non-hydrogen) atoms. The van der Waals surface area contributed by atoms with Crippen molar-refractivity contribution in [1.82, 2.24) is 4.98 Å². The molecule has 0 atom stereocenters. The molecule has 3 heteroatoms. The zero-order chi connectivity index (χ0) is 13.7. The van der Waals surface area contributed by atoms with Crippen LogP contribution in [0.15, 0.2) is 57.7 Å². The predicted octanol–water partition coefficient (Wildman–Crippen LogP) is 3.80. The van der Waals surface area contributed by atoms with Crippen molar-refractivity contribution in [2.45, 2.75) is 6.92 Å². The smallest absolute Gasteiger partial charge is 0.357 e. The first-order valence-electron chi connectivity index (χ1n) is 6.46. The quantitative estimate of drug-likeness (QED) is 0.452. The molecule has 1 aromatic heterocycles. The molecule has 0 saturated carbocycles. The van der Waals surface area contributed by atoms with Crippen LogP contribution in [-0.2, 0) is 0 Å². The highest BCUT2D eigenvalue weighted by atomic mass is 16.4. The number of hydrogen-bond donors (Lipinski definition) is 0. The number of hydrogen-bond acceptors (Lipinski definition) is 3. The minimum atomic E-state index is -0.377. The summed E-state index contributed by atoms with van der Waals surface area (Å²) < 4.78 is 5.50. The van der Waals surface area contributed by atoms with Crippen LogP contribution < -0.4 is 5.63 Å². The highest BCUT2D eigenvalue weighted by Crippen LogP contribution is 2.32. The Morgan fingerprint density at radius 3 is 2.10 bits per heavy atom. The van der Waals surface area contributed by atoms with Crippen LogP contribution in [0.3, 0.4) is 0 Å². The van der Waals surface area contributed by atoms with Gasteiger partial charge in [-0.2, -0.15) is 0 Å². The number of aromatic nitrogens is 1. The highest BCUT2D eigenvalue weighted by Gasteiger charge is 2.12. The minimum Gasteiger partial charge on any atom is -0.419 e. The van der Waals surface area contributed by atoms with E-state index in [0.29, 0.717) is 11.3 Å². The van der Waals surface area contributed by atoms with Gasteiger partial charge in [0.05, 0.1) is 0 Å². The van der Waals surface area contributed by atoms with Gasteiger partial charge in [0.2, 0.25) is 0 Å². The Balaban J connectivity index is 2.45. The summed E-state index contributed by atoms with van der Waals surface area (Å²) in [5, 5.41) is 4.12. The maximum Gasteiger partial charge on any atom is 0.357 e. The van der Waals surface area contributed by atoms with E-state index in [1.54, 1.807) is 6.92 Å². The Labute approximate surface area is 114 Å². The molecule has 96 valence electrons. The molecule has 0 fully saturated rings. The van der Waals surface area contributed by atoms with Crippen LogP contribution in [0.4, 0.5) is 0 Å². The van der Waals surface area contributed by atoms with E-state index in [1.807, 2.05) is 42.5 Å². The topological polar surface area (TPSA) is 43.1 Å². The Kier molecular flexibility index (Phi) is 2.18. The fourth-order valence-electron chi connectivity index (χ4n) is 2.68. The number of benzene rings is 3. The SMILES string of the molecule is Cc1nc2c3ccccc3c3ccccc3c2oc1=O. The molecular weight excluding hydrogens is 250 g/mol. The van der Waals surface area contributed by atoms with Gasteiger partial charge < -0.3 is 4.42 Å². The van der Waals surface area contributed by atoms with Gasteiger partial charge in [0.1, 0.15) is 11.2 Å². The van der Waals surface area contributed by atoms with Crippen molar-refractivity contribution in [2.75, 3.05) is 0 Å². The molecule has 0 saturated heterocycles. The molecule has 0 unspecified atom stereocenters. The summed E-state index contributed by atoms with van der Waals surface area (Å²) in [6.07, 6.45) is 0. The fourth-order valence-corrected chi connectivity index (χ4v) is 2.68. The number of aryl methyl sites for hydroxylation is 1. The van der Waals surface area contributed by atoms with Crippen LogP contribution in [0.25, 0.3) is 32.6 Å². The number of fused-ring (bicyclic) bond motifs is 6. The van der Waals surface area contributed by atoms with E-state index in [0.717, 1.165) is 27.1 Å². The van der Waals surface area contributed by atoms with E-state index in [4.69, 9.17) is 4.42 Å². The van der Waals surface area contributed by atoms with Gasteiger partial charge in [-0.3, -0.25) is 0 Å². The van der Waals surface area contributed by atoms with Gasteiger partial charge in [0.15, 0.2) is 5.58 Å². The lowest BCUT2D eigenvalue weighted by molar-refractivity contribution is 0.551. The van der Waals surface area contributed by atoms with E-state index < -0.39 is 0 Å². The molecule has 0 amide bonds. The summed E-state index contributed by atoms with van der Waals surface area (Å²) in [6.45, 7) is 1.68. The van der Waals surface area contributed by atoms with Crippen LogP contribution in [0.2, 0.25) is 0 Å². The van der Waals surface area contributed by atoms with Gasteiger partial charge in [-0.1, -0.05) is 48.5 Å². The molecule has 3 aromatic carbocycles. The summed E-state index contributed by atoms with van der Waals surface area (Å²) in [7, 11) is 0. The van der Waals surface area contributed by atoms with Crippen molar-refractivity contribution >= 4 is 32.6 Å². The lowest BCUT2D eigenvalue weighted by Crippen LogP contribution is -2.06. The molecule has 4 rings (SSSR count). The van der Waals surface area contributed by atoms with Gasteiger partial charge in [0.25, 0.3) is 0 Å². The lowest BCUT2D eigenvalue weighted by atomic mass is 10.0. The van der Waals surface area contributed by atoms with Crippen molar-refractivity contribution in [3.63, 3.8) is 0 Å². The monoisotopic (exact) mass is 261 g/mol. The van der Waals surface area contributed by atoms with Gasteiger partial charge in [0, 0.05) is 10.8 Å². The lowest BCUT2D eigenvalue weighted by Gasteiger charge is -2.08. The zero-order valence-corrected chi connectivity index (χ0v) is 10.9. The van der Waals surface area contributed by atoms with Crippen LogP contribution in [0.5, 0.6) is 0 Å². The molecule has 0 spiro atoms. The average Bonchev–Trinajstić information content (AvgIpc) is 2.49. The number of rotatable bonds is 0. The van der Waals surface area contributed by atoms with Crippen molar-refractivity contribution in [2.24, 2.45) is 0 Å². The number of nitrogens with zero attached hydrogens (tertiary/aromatic N) is 1. The molecule has 0 radical (unpaired) electrons. The first kappa shape index (κ1) is 11.2. The summed E-state index contributed by atoms with van der Waals surface area (Å²) in [5.74, 6) is 0. The van der Waals surface area contributed by atoms with Crippen molar-refractivity contribution in [1.29, 1.82) is 0 Å². The molecule has 0 aliphatic rings. The molecule has 0 bridgehead atoms. The van der Waals surface area contributed by atoms with Gasteiger partial charge in [-0.25, -0.2) is 9.78 Å². The third-order valence-electron chi connectivity index (χ3n) is 3.63. The summed E-state index contributed by atoms with van der Waals surface area (Å²) >= 11 is 0. The minimum absolute atomic E-state index is 0.377. The molecule has 0 aliphatic carbocycles. The van der Waals surface area contributed by atoms with Crippen molar-refractivity contribution < 1.29 is 4.42 Å². The Morgan fingerprint density at radius 2 is 1.40 bits per heavy atom. The highest BCUT2D eigenvalue weighted by molar-refractivity contribution is 6.22. The van der Waals surface area contributed by atoms with E-state index in [-0.39, 0.29) is 5.63 Å². The largest absolute Gasteiger partial charge is 0.419 e. The average molecular weight is 261 g/mol. The Bertz CT molecular complexity index is 1030. The molecule has 0 aliphatic heterocycles. The second kappa shape index (κ2) is 3.90. The van der Waals surface area contributed by atoms with E-state index in [1.165, 1.54) is 0 Å². The summed E-state index contributed by atoms with van der Waals surface area (Å²) in [4.78, 5) is 16.2. The summed E-state index contributed by atoms with van der Waals surface area (Å²) in [6, 6.07) is 16.0. The predicted molar refractivity (Wildman–Crippen MR) is 80.0 cm³/mol. The van der Waals surface area contributed by atoms with Gasteiger partial charge >= 0.3 is 5.63 Å². The third kappa shape index (κ3) is 1.40. The maximum absolute atomic E-state index is 11.8. The first-order chi connectivity index (χ1) is 9.75.